The van der Waals surface area contributed by atoms with Crippen LogP contribution >= 0.6 is 23.8 Å². The number of aromatic nitrogens is 1. The van der Waals surface area contributed by atoms with Crippen LogP contribution in [0.1, 0.15) is 5.69 Å². The Balaban J connectivity index is 1.86. The van der Waals surface area contributed by atoms with Gasteiger partial charge in [-0.3, -0.25) is 4.98 Å². The number of hydrogen-bond acceptors (Lipinski definition) is 3. The van der Waals surface area contributed by atoms with Crippen LogP contribution in [0.4, 0.5) is 5.69 Å². The molecule has 0 saturated carbocycles. The first-order valence-corrected chi connectivity index (χ1v) is 7.26. The van der Waals surface area contributed by atoms with Crippen molar-refractivity contribution < 1.29 is 4.74 Å². The Labute approximate surface area is 134 Å². The lowest BCUT2D eigenvalue weighted by Gasteiger charge is -2.13. The van der Waals surface area contributed by atoms with Gasteiger partial charge in [-0.1, -0.05) is 17.7 Å². The molecule has 1 aromatic heterocycles. The summed E-state index contributed by atoms with van der Waals surface area (Å²) >= 11 is 11.2. The van der Waals surface area contributed by atoms with E-state index in [0.29, 0.717) is 22.4 Å². The number of nitrogens with zero attached hydrogens (tertiary/aromatic N) is 1. The van der Waals surface area contributed by atoms with Gasteiger partial charge in [0, 0.05) is 29.9 Å². The van der Waals surface area contributed by atoms with Gasteiger partial charge in [-0.2, -0.15) is 0 Å². The van der Waals surface area contributed by atoms with Crippen LogP contribution in [-0.4, -0.2) is 23.8 Å². The van der Waals surface area contributed by atoms with E-state index in [1.165, 1.54) is 0 Å². The first-order chi connectivity index (χ1) is 10.2. The number of hydrogen-bond donors (Lipinski definition) is 2. The molecule has 0 saturated heterocycles. The maximum Gasteiger partial charge on any atom is 0.170 e. The summed E-state index contributed by atoms with van der Waals surface area (Å²) in [6, 6.07) is 11.2. The van der Waals surface area contributed by atoms with Crippen LogP contribution in [0.15, 0.2) is 42.6 Å². The Morgan fingerprint density at radius 3 is 2.90 bits per heavy atom. The van der Waals surface area contributed by atoms with E-state index in [9.17, 15) is 0 Å². The molecule has 1 aromatic carbocycles. The smallest absolute Gasteiger partial charge is 0.170 e. The minimum atomic E-state index is 0.520. The van der Waals surface area contributed by atoms with E-state index in [1.54, 1.807) is 31.5 Å². The van der Waals surface area contributed by atoms with E-state index in [1.807, 2.05) is 18.2 Å². The molecule has 0 aliphatic rings. The number of pyridine rings is 1. The SMILES string of the molecule is COc1ccc(Cl)cc1NC(=S)NCCc1ccccn1. The molecule has 2 N–H and O–H groups in total. The van der Waals surface area contributed by atoms with Crippen LogP contribution in [-0.2, 0) is 6.42 Å². The van der Waals surface area contributed by atoms with Gasteiger partial charge in [0.15, 0.2) is 5.11 Å². The molecule has 21 heavy (non-hydrogen) atoms. The zero-order chi connectivity index (χ0) is 15.1. The number of benzene rings is 1. The first-order valence-electron chi connectivity index (χ1n) is 6.47. The Bertz CT molecular complexity index is 607. The summed E-state index contributed by atoms with van der Waals surface area (Å²) in [5.41, 5.74) is 1.76. The average molecular weight is 322 g/mol. The summed E-state index contributed by atoms with van der Waals surface area (Å²) in [6.07, 6.45) is 2.58. The molecule has 0 unspecified atom stereocenters. The molecule has 110 valence electrons. The minimum absolute atomic E-state index is 0.520. The Hall–Kier alpha value is -1.85. The van der Waals surface area contributed by atoms with Crippen molar-refractivity contribution in [1.82, 2.24) is 10.3 Å². The maximum absolute atomic E-state index is 5.97. The fourth-order valence-electron chi connectivity index (χ4n) is 1.79. The van der Waals surface area contributed by atoms with Crippen molar-refractivity contribution in [2.24, 2.45) is 0 Å². The largest absolute Gasteiger partial charge is 0.495 e. The molecule has 1 heterocycles. The van der Waals surface area contributed by atoms with Gasteiger partial charge < -0.3 is 15.4 Å². The highest BCUT2D eigenvalue weighted by atomic mass is 35.5. The second-order valence-electron chi connectivity index (χ2n) is 4.30. The highest BCUT2D eigenvalue weighted by Crippen LogP contribution is 2.27. The standard InChI is InChI=1S/C15H16ClN3OS/c1-20-14-6-5-11(16)10-13(14)19-15(21)18-9-7-12-4-2-3-8-17-12/h2-6,8,10H,7,9H2,1H3,(H2,18,19,21). The lowest BCUT2D eigenvalue weighted by atomic mass is 10.3. The number of ether oxygens (including phenoxy) is 1. The molecule has 2 rings (SSSR count). The number of rotatable bonds is 5. The Morgan fingerprint density at radius 1 is 1.33 bits per heavy atom. The molecule has 0 bridgehead atoms. The van der Waals surface area contributed by atoms with E-state index in [2.05, 4.69) is 15.6 Å². The van der Waals surface area contributed by atoms with E-state index in [4.69, 9.17) is 28.6 Å². The summed E-state index contributed by atoms with van der Waals surface area (Å²) in [5, 5.41) is 7.35. The van der Waals surface area contributed by atoms with Crippen LogP contribution in [0.2, 0.25) is 5.02 Å². The van der Waals surface area contributed by atoms with Gasteiger partial charge in [-0.15, -0.1) is 0 Å². The first kappa shape index (κ1) is 15.5. The predicted octanol–water partition coefficient (Wildman–Crippen LogP) is 3.27. The molecule has 4 nitrogen and oxygen atoms in total. The summed E-state index contributed by atoms with van der Waals surface area (Å²) in [6.45, 7) is 0.700. The van der Waals surface area contributed by atoms with Crippen molar-refractivity contribution in [2.45, 2.75) is 6.42 Å². The van der Waals surface area contributed by atoms with Gasteiger partial charge in [0.2, 0.25) is 0 Å². The number of thiocarbonyl (C=S) groups is 1. The van der Waals surface area contributed by atoms with Gasteiger partial charge in [-0.25, -0.2) is 0 Å². The fraction of sp³-hybridized carbons (Fsp3) is 0.200. The van der Waals surface area contributed by atoms with Crippen molar-refractivity contribution in [3.63, 3.8) is 0 Å². The zero-order valence-electron chi connectivity index (χ0n) is 11.6. The molecular formula is C15H16ClN3OS. The second kappa shape index (κ2) is 7.81. The monoisotopic (exact) mass is 321 g/mol. The van der Waals surface area contributed by atoms with Crippen LogP contribution in [0.5, 0.6) is 5.75 Å². The normalized spacial score (nSPS) is 10.0. The number of methoxy groups -OCH3 is 1. The number of halogens is 1. The molecule has 0 aliphatic carbocycles. The van der Waals surface area contributed by atoms with E-state index in [-0.39, 0.29) is 0 Å². The Morgan fingerprint density at radius 2 is 2.19 bits per heavy atom. The van der Waals surface area contributed by atoms with E-state index < -0.39 is 0 Å². The highest BCUT2D eigenvalue weighted by molar-refractivity contribution is 7.80. The fourth-order valence-corrected chi connectivity index (χ4v) is 2.18. The molecule has 0 spiro atoms. The maximum atomic E-state index is 5.97. The molecule has 2 aromatic rings. The summed E-state index contributed by atoms with van der Waals surface area (Å²) in [5.74, 6) is 0.688. The predicted molar refractivity (Wildman–Crippen MR) is 90.2 cm³/mol. The number of nitrogens with one attached hydrogen (secondary N) is 2. The summed E-state index contributed by atoms with van der Waals surface area (Å²) in [4.78, 5) is 4.26. The third kappa shape index (κ3) is 4.88. The molecular weight excluding hydrogens is 306 g/mol. The molecule has 0 fully saturated rings. The highest BCUT2D eigenvalue weighted by Gasteiger charge is 2.05. The van der Waals surface area contributed by atoms with Gasteiger partial charge in [0.25, 0.3) is 0 Å². The van der Waals surface area contributed by atoms with Crippen LogP contribution < -0.4 is 15.4 Å². The zero-order valence-corrected chi connectivity index (χ0v) is 13.2. The lowest BCUT2D eigenvalue weighted by Crippen LogP contribution is -2.30. The van der Waals surface area contributed by atoms with Crippen LogP contribution in [0.3, 0.4) is 0 Å². The summed E-state index contributed by atoms with van der Waals surface area (Å²) in [7, 11) is 1.60. The minimum Gasteiger partial charge on any atom is -0.495 e. The van der Waals surface area contributed by atoms with E-state index in [0.717, 1.165) is 17.8 Å². The average Bonchev–Trinajstić information content (AvgIpc) is 2.48. The van der Waals surface area contributed by atoms with Crippen molar-refractivity contribution in [1.29, 1.82) is 0 Å². The third-order valence-electron chi connectivity index (χ3n) is 2.80. The van der Waals surface area contributed by atoms with Crippen LogP contribution in [0, 0.1) is 0 Å². The van der Waals surface area contributed by atoms with Crippen molar-refractivity contribution in [3.05, 3.63) is 53.3 Å². The van der Waals surface area contributed by atoms with Crippen molar-refractivity contribution in [3.8, 4) is 5.75 Å². The van der Waals surface area contributed by atoms with Gasteiger partial charge in [0.05, 0.1) is 12.8 Å². The second-order valence-corrected chi connectivity index (χ2v) is 5.14. The number of anilines is 1. The van der Waals surface area contributed by atoms with Crippen molar-refractivity contribution >= 4 is 34.6 Å². The lowest BCUT2D eigenvalue weighted by molar-refractivity contribution is 0.417. The van der Waals surface area contributed by atoms with Crippen LogP contribution in [0.25, 0.3) is 0 Å². The summed E-state index contributed by atoms with van der Waals surface area (Å²) < 4.78 is 5.26. The van der Waals surface area contributed by atoms with Gasteiger partial charge >= 0.3 is 0 Å². The van der Waals surface area contributed by atoms with Gasteiger partial charge in [0.1, 0.15) is 5.75 Å². The molecule has 0 aliphatic heterocycles. The van der Waals surface area contributed by atoms with Gasteiger partial charge in [-0.05, 0) is 42.5 Å². The molecule has 0 atom stereocenters. The Kier molecular flexibility index (Phi) is 5.78. The quantitative estimate of drug-likeness (QED) is 0.828. The molecule has 0 amide bonds. The van der Waals surface area contributed by atoms with E-state index >= 15 is 0 Å². The molecule has 0 radical (unpaired) electrons. The molecule has 6 heteroatoms. The third-order valence-corrected chi connectivity index (χ3v) is 3.28. The van der Waals surface area contributed by atoms with Crippen molar-refractivity contribution in [2.75, 3.05) is 19.0 Å². The topological polar surface area (TPSA) is 46.2 Å².